The molecule has 0 saturated carbocycles. The van der Waals surface area contributed by atoms with Crippen LogP contribution in [0, 0.1) is 0 Å². The predicted molar refractivity (Wildman–Crippen MR) is 38.4 cm³/mol. The Morgan fingerprint density at radius 2 is 1.90 bits per heavy atom. The molecule has 1 atom stereocenters. The Morgan fingerprint density at radius 3 is 1.90 bits per heavy atom. The van der Waals surface area contributed by atoms with Gasteiger partial charge in [0.1, 0.15) is 6.04 Å². The Bertz CT molecular complexity index is 86.1. The predicted octanol–water partition coefficient (Wildman–Crippen LogP) is -3.18. The molecule has 0 rings (SSSR count). The van der Waals surface area contributed by atoms with Crippen molar-refractivity contribution in [3.63, 3.8) is 0 Å². The molecular weight excluding hydrogens is 222 g/mol. The van der Waals surface area contributed by atoms with Crippen molar-refractivity contribution < 1.29 is 37.4 Å². The van der Waals surface area contributed by atoms with Gasteiger partial charge in [0.2, 0.25) is 0 Å². The number of hydrogen-bond donors (Lipinski definition) is 3. The van der Waals surface area contributed by atoms with Crippen LogP contribution in [0.2, 0.25) is 0 Å². The number of rotatable bonds is 2. The SMILES string of the molecule is N[C@@H](CO)C(=O)O.[LiH].[MgH2].[Nb]. The van der Waals surface area contributed by atoms with Gasteiger partial charge in [0.05, 0.1) is 6.61 Å². The summed E-state index contributed by atoms with van der Waals surface area (Å²) in [6, 6.07) is -1.13. The maximum Gasteiger partial charge on any atom is 0.316 e. The van der Waals surface area contributed by atoms with Crippen LogP contribution in [0.4, 0.5) is 0 Å². The van der Waals surface area contributed by atoms with Crippen LogP contribution in [0.1, 0.15) is 0 Å². The zero-order valence-corrected chi connectivity index (χ0v) is 6.31. The van der Waals surface area contributed by atoms with E-state index in [0.717, 1.165) is 0 Å². The van der Waals surface area contributed by atoms with Crippen molar-refractivity contribution in [3.8, 4) is 0 Å². The van der Waals surface area contributed by atoms with Crippen LogP contribution < -0.4 is 5.73 Å². The zero-order chi connectivity index (χ0) is 5.86. The van der Waals surface area contributed by atoms with Crippen molar-refractivity contribution in [2.75, 3.05) is 6.61 Å². The Morgan fingerprint density at radius 1 is 1.60 bits per heavy atom. The van der Waals surface area contributed by atoms with E-state index in [1.165, 1.54) is 0 Å². The average molecular weight is 232 g/mol. The normalized spacial score (nSPS) is 9.40. The van der Waals surface area contributed by atoms with Crippen molar-refractivity contribution in [2.45, 2.75) is 6.04 Å². The monoisotopic (exact) mass is 232 g/mol. The molecule has 0 aromatic heterocycles. The van der Waals surface area contributed by atoms with Crippen molar-refractivity contribution in [3.05, 3.63) is 0 Å². The molecule has 7 heteroatoms. The molecule has 1 radical (unpaired) electrons. The van der Waals surface area contributed by atoms with Crippen LogP contribution in [0.5, 0.6) is 0 Å². The Kier molecular flexibility index (Phi) is 29.5. The number of carboxylic acids is 1. The van der Waals surface area contributed by atoms with E-state index < -0.39 is 18.6 Å². The molecule has 53 valence electrons. The van der Waals surface area contributed by atoms with Gasteiger partial charge in [-0.3, -0.25) is 4.79 Å². The third-order valence-electron chi connectivity index (χ3n) is 0.514. The second-order valence-corrected chi connectivity index (χ2v) is 1.13. The molecule has 0 bridgehead atoms. The molecule has 0 aliphatic carbocycles. The first kappa shape index (κ1) is 22.5. The minimum Gasteiger partial charge on any atom is 0 e. The number of aliphatic hydroxyl groups excluding tert-OH is 1. The topological polar surface area (TPSA) is 83.5 Å². The summed E-state index contributed by atoms with van der Waals surface area (Å²) in [7, 11) is 0. The number of aliphatic carboxylic acids is 1. The standard InChI is InChI=1S/C3H7NO3.Li.Mg.Nb.3H/c4-2(1-5)3(6)7;;;;;;/h2,5H,1,4H2,(H,6,7);;;;;;/t2-;;;;;;/m0....../s1. The Labute approximate surface area is 103 Å². The molecule has 0 amide bonds. The van der Waals surface area contributed by atoms with Gasteiger partial charge in [0.25, 0.3) is 0 Å². The van der Waals surface area contributed by atoms with Crippen molar-refractivity contribution in [1.29, 1.82) is 0 Å². The quantitative estimate of drug-likeness (QED) is 0.438. The van der Waals surface area contributed by atoms with E-state index in [0.29, 0.717) is 0 Å². The second kappa shape index (κ2) is 13.1. The molecule has 0 aromatic rings. The van der Waals surface area contributed by atoms with Gasteiger partial charge in [-0.1, -0.05) is 0 Å². The van der Waals surface area contributed by atoms with Gasteiger partial charge < -0.3 is 15.9 Å². The van der Waals surface area contributed by atoms with E-state index in [1.807, 2.05) is 0 Å². The molecule has 0 fully saturated rings. The maximum absolute atomic E-state index is 9.65. The summed E-state index contributed by atoms with van der Waals surface area (Å²) in [5.41, 5.74) is 4.77. The van der Waals surface area contributed by atoms with Crippen LogP contribution in [0.3, 0.4) is 0 Å². The van der Waals surface area contributed by atoms with E-state index in [4.69, 9.17) is 15.9 Å². The third-order valence-corrected chi connectivity index (χ3v) is 0.514. The summed E-state index contributed by atoms with van der Waals surface area (Å²) in [6.07, 6.45) is 0. The fourth-order valence-electron chi connectivity index (χ4n) is 0.0781. The molecule has 0 saturated heterocycles. The zero-order valence-electron chi connectivity index (χ0n) is 4.11. The van der Waals surface area contributed by atoms with Crippen LogP contribution >= 0.6 is 0 Å². The van der Waals surface area contributed by atoms with Crippen molar-refractivity contribution in [2.24, 2.45) is 5.73 Å². The summed E-state index contributed by atoms with van der Waals surface area (Å²) in [6.45, 7) is -0.505. The minimum absolute atomic E-state index is 0. The molecule has 0 heterocycles. The second-order valence-electron chi connectivity index (χ2n) is 1.13. The van der Waals surface area contributed by atoms with Gasteiger partial charge in [0.15, 0.2) is 0 Å². The van der Waals surface area contributed by atoms with Gasteiger partial charge in [-0.05, 0) is 0 Å². The van der Waals surface area contributed by atoms with Crippen molar-refractivity contribution >= 4 is 47.9 Å². The molecule has 0 aromatic carbocycles. The number of nitrogens with two attached hydrogens (primary N) is 1. The van der Waals surface area contributed by atoms with E-state index >= 15 is 0 Å². The Hall–Kier alpha value is 1.49. The van der Waals surface area contributed by atoms with Crippen LogP contribution in [-0.4, -0.2) is 70.7 Å². The number of carbonyl (C=O) groups is 1. The molecule has 0 aliphatic rings. The number of aliphatic hydroxyl groups is 1. The fourth-order valence-corrected chi connectivity index (χ4v) is 0.0781. The molecule has 4 nitrogen and oxygen atoms in total. The van der Waals surface area contributed by atoms with Gasteiger partial charge in [-0.25, -0.2) is 0 Å². The van der Waals surface area contributed by atoms with Gasteiger partial charge >= 0.3 is 47.9 Å². The molecule has 4 N–H and O–H groups in total. The first-order chi connectivity index (χ1) is 3.18. The first-order valence-corrected chi connectivity index (χ1v) is 1.77. The first-order valence-electron chi connectivity index (χ1n) is 1.77. The largest absolute Gasteiger partial charge is 0.316 e. The van der Waals surface area contributed by atoms with E-state index in [1.54, 1.807) is 0 Å². The summed E-state index contributed by atoms with van der Waals surface area (Å²) < 4.78 is 0. The van der Waals surface area contributed by atoms with Crippen LogP contribution in [-0.2, 0) is 27.2 Å². The summed E-state index contributed by atoms with van der Waals surface area (Å²) in [5.74, 6) is -1.18. The summed E-state index contributed by atoms with van der Waals surface area (Å²) >= 11 is 0. The van der Waals surface area contributed by atoms with E-state index in [2.05, 4.69) is 0 Å². The van der Waals surface area contributed by atoms with E-state index in [-0.39, 0.29) is 64.3 Å². The number of hydrogen-bond acceptors (Lipinski definition) is 3. The van der Waals surface area contributed by atoms with Gasteiger partial charge in [-0.15, -0.1) is 0 Å². The average Bonchev–Trinajstić information content (AvgIpc) is 1.65. The molecular formula is C3H10LiMgNNbO3. The van der Waals surface area contributed by atoms with E-state index in [9.17, 15) is 4.79 Å². The van der Waals surface area contributed by atoms with Crippen LogP contribution in [0.15, 0.2) is 0 Å². The van der Waals surface area contributed by atoms with Gasteiger partial charge in [-0.2, -0.15) is 0 Å². The summed E-state index contributed by atoms with van der Waals surface area (Å²) in [5, 5.41) is 15.9. The third kappa shape index (κ3) is 12.2. The fraction of sp³-hybridized carbons (Fsp3) is 0.667. The van der Waals surface area contributed by atoms with Crippen molar-refractivity contribution in [1.82, 2.24) is 0 Å². The number of carboxylic acid groups (broad SMARTS) is 1. The maximum atomic E-state index is 9.65. The molecule has 0 spiro atoms. The minimum atomic E-state index is -1.18. The smallest absolute Gasteiger partial charge is 0 e. The molecule has 10 heavy (non-hydrogen) atoms. The molecule has 0 unspecified atom stereocenters. The van der Waals surface area contributed by atoms with Gasteiger partial charge in [0, 0.05) is 22.4 Å². The van der Waals surface area contributed by atoms with Crippen LogP contribution in [0.25, 0.3) is 0 Å². The molecule has 0 aliphatic heterocycles. The Balaban J connectivity index is -0.0000000600. The summed E-state index contributed by atoms with van der Waals surface area (Å²) in [4.78, 5) is 9.65.